The van der Waals surface area contributed by atoms with Crippen molar-refractivity contribution in [2.45, 2.75) is 19.9 Å². The number of ether oxygens (including phenoxy) is 2. The summed E-state index contributed by atoms with van der Waals surface area (Å²) in [4.78, 5) is 11.9. The second kappa shape index (κ2) is 8.73. The molecular weight excluding hydrogens is 316 g/mol. The number of hydrogen-bond donors (Lipinski definition) is 1. The zero-order chi connectivity index (χ0) is 17.4. The van der Waals surface area contributed by atoms with E-state index < -0.39 is 5.91 Å². The maximum absolute atomic E-state index is 11.9. The number of carbonyl (C=O) groups excluding carboxylic acids is 1. The monoisotopic (exact) mass is 332 g/mol. The standard InChI is InChI=1S/C17H17ClN2O3/c1-5-6-23-16-14(18)8-12(9-15(16)22-4)7-13(10-19)17(21)20-11(2)3/h1,7-9,11H,6H2,2-4H3,(H,20,21)/b13-7-. The number of nitrogens with one attached hydrogen (secondary N) is 1. The minimum Gasteiger partial charge on any atom is -0.493 e. The van der Waals surface area contributed by atoms with Gasteiger partial charge in [-0.1, -0.05) is 17.5 Å². The molecule has 5 nitrogen and oxygen atoms in total. The van der Waals surface area contributed by atoms with Gasteiger partial charge in [0.1, 0.15) is 18.2 Å². The van der Waals surface area contributed by atoms with E-state index in [1.807, 2.05) is 19.9 Å². The third kappa shape index (κ3) is 5.25. The smallest absolute Gasteiger partial charge is 0.262 e. The van der Waals surface area contributed by atoms with Gasteiger partial charge >= 0.3 is 0 Å². The van der Waals surface area contributed by atoms with Gasteiger partial charge < -0.3 is 14.8 Å². The summed E-state index contributed by atoms with van der Waals surface area (Å²) in [5, 5.41) is 12.1. The molecule has 1 amide bonds. The van der Waals surface area contributed by atoms with Crippen molar-refractivity contribution in [2.24, 2.45) is 0 Å². The van der Waals surface area contributed by atoms with Gasteiger partial charge in [-0.05, 0) is 37.6 Å². The van der Waals surface area contributed by atoms with Crippen LogP contribution in [-0.4, -0.2) is 25.7 Å². The molecule has 1 aromatic carbocycles. The van der Waals surface area contributed by atoms with Gasteiger partial charge in [0.15, 0.2) is 11.5 Å². The lowest BCUT2D eigenvalue weighted by molar-refractivity contribution is -0.117. The number of amides is 1. The lowest BCUT2D eigenvalue weighted by Gasteiger charge is -2.12. The van der Waals surface area contributed by atoms with E-state index in [0.29, 0.717) is 17.1 Å². The Labute approximate surface area is 140 Å². The topological polar surface area (TPSA) is 71.3 Å². The molecule has 0 fully saturated rings. The number of methoxy groups -OCH3 is 1. The molecule has 1 rings (SSSR count). The SMILES string of the molecule is C#CCOc1c(Cl)cc(/C=C(/C#N)C(=O)NC(C)C)cc1OC. The Morgan fingerprint density at radius 1 is 1.52 bits per heavy atom. The van der Waals surface area contributed by atoms with Gasteiger partial charge in [0, 0.05) is 6.04 Å². The normalized spacial score (nSPS) is 10.7. The number of nitriles is 1. The average molecular weight is 333 g/mol. The second-order valence-corrected chi connectivity index (χ2v) is 5.23. The summed E-state index contributed by atoms with van der Waals surface area (Å²) in [6, 6.07) is 4.97. The molecule has 0 aromatic heterocycles. The predicted molar refractivity (Wildman–Crippen MR) is 89.2 cm³/mol. The number of nitrogens with zero attached hydrogens (tertiary/aromatic N) is 1. The summed E-state index contributed by atoms with van der Waals surface area (Å²) in [6.07, 6.45) is 6.58. The van der Waals surface area contributed by atoms with Crippen LogP contribution in [0.4, 0.5) is 0 Å². The predicted octanol–water partition coefficient (Wildman–Crippen LogP) is 2.79. The van der Waals surface area contributed by atoms with E-state index in [0.717, 1.165) is 0 Å². The van der Waals surface area contributed by atoms with Crippen LogP contribution in [0.2, 0.25) is 5.02 Å². The van der Waals surface area contributed by atoms with Crippen molar-refractivity contribution in [3.05, 3.63) is 28.3 Å². The summed E-state index contributed by atoms with van der Waals surface area (Å²) in [6.45, 7) is 3.67. The highest BCUT2D eigenvalue weighted by molar-refractivity contribution is 6.32. The summed E-state index contributed by atoms with van der Waals surface area (Å²) < 4.78 is 10.5. The van der Waals surface area contributed by atoms with Crippen molar-refractivity contribution >= 4 is 23.6 Å². The molecule has 6 heteroatoms. The molecule has 23 heavy (non-hydrogen) atoms. The molecule has 0 aliphatic heterocycles. The minimum absolute atomic E-state index is 0.0332. The first-order chi connectivity index (χ1) is 10.9. The van der Waals surface area contributed by atoms with Gasteiger partial charge in [0.25, 0.3) is 5.91 Å². The maximum Gasteiger partial charge on any atom is 0.262 e. The van der Waals surface area contributed by atoms with Crippen LogP contribution >= 0.6 is 11.6 Å². The molecule has 0 aliphatic rings. The Morgan fingerprint density at radius 2 is 2.22 bits per heavy atom. The number of rotatable bonds is 6. The molecule has 0 atom stereocenters. The molecule has 1 N–H and O–H groups in total. The maximum atomic E-state index is 11.9. The number of hydrogen-bond acceptors (Lipinski definition) is 4. The van der Waals surface area contributed by atoms with Crippen LogP contribution in [-0.2, 0) is 4.79 Å². The van der Waals surface area contributed by atoms with Crippen LogP contribution in [0.3, 0.4) is 0 Å². The third-order valence-corrected chi connectivity index (χ3v) is 2.93. The summed E-state index contributed by atoms with van der Waals surface area (Å²) in [7, 11) is 1.46. The summed E-state index contributed by atoms with van der Waals surface area (Å²) in [5.74, 6) is 2.56. The fraction of sp³-hybridized carbons (Fsp3) is 0.294. The Balaban J connectivity index is 3.21. The molecular formula is C17H17ClN2O3. The van der Waals surface area contributed by atoms with Crippen molar-refractivity contribution in [1.29, 1.82) is 5.26 Å². The van der Waals surface area contributed by atoms with Crippen molar-refractivity contribution in [2.75, 3.05) is 13.7 Å². The van der Waals surface area contributed by atoms with Gasteiger partial charge in [-0.15, -0.1) is 6.42 Å². The Bertz CT molecular complexity index is 697. The van der Waals surface area contributed by atoms with Crippen LogP contribution in [0, 0.1) is 23.7 Å². The highest BCUT2D eigenvalue weighted by atomic mass is 35.5. The Hall–Kier alpha value is -2.63. The van der Waals surface area contributed by atoms with Crippen molar-refractivity contribution in [3.8, 4) is 29.9 Å². The first kappa shape index (κ1) is 18.4. The zero-order valence-corrected chi connectivity index (χ0v) is 13.9. The lowest BCUT2D eigenvalue weighted by atomic mass is 10.1. The number of carbonyl (C=O) groups is 1. The van der Waals surface area contributed by atoms with Gasteiger partial charge in [0.2, 0.25) is 0 Å². The van der Waals surface area contributed by atoms with E-state index in [1.165, 1.54) is 13.2 Å². The van der Waals surface area contributed by atoms with E-state index >= 15 is 0 Å². The third-order valence-electron chi connectivity index (χ3n) is 2.65. The largest absolute Gasteiger partial charge is 0.493 e. The van der Waals surface area contributed by atoms with Gasteiger partial charge in [0.05, 0.1) is 12.1 Å². The summed E-state index contributed by atoms with van der Waals surface area (Å²) >= 11 is 6.15. The Morgan fingerprint density at radius 3 is 2.74 bits per heavy atom. The second-order valence-electron chi connectivity index (χ2n) is 4.82. The summed E-state index contributed by atoms with van der Waals surface area (Å²) in [5.41, 5.74) is 0.504. The number of benzene rings is 1. The van der Waals surface area contributed by atoms with Crippen molar-refractivity contribution in [3.63, 3.8) is 0 Å². The van der Waals surface area contributed by atoms with Gasteiger partial charge in [-0.2, -0.15) is 5.26 Å². The van der Waals surface area contributed by atoms with E-state index in [9.17, 15) is 4.79 Å². The number of terminal acetylenes is 1. The van der Waals surface area contributed by atoms with E-state index in [2.05, 4.69) is 11.2 Å². The van der Waals surface area contributed by atoms with E-state index in [-0.39, 0.29) is 23.2 Å². The van der Waals surface area contributed by atoms with E-state index in [4.69, 9.17) is 32.8 Å². The molecule has 0 heterocycles. The molecule has 0 saturated heterocycles. The number of halogens is 1. The molecule has 0 saturated carbocycles. The van der Waals surface area contributed by atoms with Crippen LogP contribution in [0.5, 0.6) is 11.5 Å². The first-order valence-electron chi connectivity index (χ1n) is 6.79. The van der Waals surface area contributed by atoms with Crippen LogP contribution in [0.25, 0.3) is 6.08 Å². The first-order valence-corrected chi connectivity index (χ1v) is 7.17. The Kier molecular flexibility index (Phi) is 6.99. The van der Waals surface area contributed by atoms with Crippen molar-refractivity contribution < 1.29 is 14.3 Å². The molecule has 0 bridgehead atoms. The zero-order valence-electron chi connectivity index (χ0n) is 13.1. The highest BCUT2D eigenvalue weighted by Crippen LogP contribution is 2.36. The fourth-order valence-electron chi connectivity index (χ4n) is 1.73. The molecule has 0 radical (unpaired) electrons. The molecule has 0 unspecified atom stereocenters. The van der Waals surface area contributed by atoms with Crippen LogP contribution < -0.4 is 14.8 Å². The molecule has 120 valence electrons. The van der Waals surface area contributed by atoms with Gasteiger partial charge in [-0.25, -0.2) is 0 Å². The van der Waals surface area contributed by atoms with E-state index in [1.54, 1.807) is 12.1 Å². The molecule has 0 spiro atoms. The van der Waals surface area contributed by atoms with Crippen LogP contribution in [0.15, 0.2) is 17.7 Å². The highest BCUT2D eigenvalue weighted by Gasteiger charge is 2.14. The fourth-order valence-corrected chi connectivity index (χ4v) is 2.01. The quantitative estimate of drug-likeness (QED) is 0.494. The minimum atomic E-state index is -0.453. The van der Waals surface area contributed by atoms with Crippen molar-refractivity contribution in [1.82, 2.24) is 5.32 Å². The van der Waals surface area contributed by atoms with Gasteiger partial charge in [-0.3, -0.25) is 4.79 Å². The lowest BCUT2D eigenvalue weighted by Crippen LogP contribution is -2.30. The van der Waals surface area contributed by atoms with Crippen LogP contribution in [0.1, 0.15) is 19.4 Å². The molecule has 0 aliphatic carbocycles. The average Bonchev–Trinajstić information content (AvgIpc) is 2.50. The molecule has 1 aromatic rings.